The fraction of sp³-hybridized carbons (Fsp3) is 0.0769. The summed E-state index contributed by atoms with van der Waals surface area (Å²) in [5.74, 6) is 0.773. The first-order valence-electron chi connectivity index (χ1n) is 12.3. The van der Waals surface area contributed by atoms with Crippen molar-refractivity contribution in [2.24, 2.45) is 0 Å². The molecule has 2 aromatic carbocycles. The van der Waals surface area contributed by atoms with Crippen molar-refractivity contribution < 1.29 is 8.42 Å². The van der Waals surface area contributed by atoms with E-state index in [0.29, 0.717) is 59.8 Å². The lowest BCUT2D eigenvalue weighted by atomic mass is 10.1. The zero-order valence-electron chi connectivity index (χ0n) is 22.4. The van der Waals surface area contributed by atoms with E-state index < -0.39 is 9.84 Å². The molecule has 13 nitrogen and oxygen atoms in total. The minimum absolute atomic E-state index is 0.0749. The van der Waals surface area contributed by atoms with Gasteiger partial charge in [-0.3, -0.25) is 19.9 Å². The molecule has 0 aliphatic carbocycles. The quantitative estimate of drug-likeness (QED) is 0.127. The maximum atomic E-state index is 11.8. The molecule has 6 aromatic rings. The van der Waals surface area contributed by atoms with E-state index >= 15 is 0 Å². The van der Waals surface area contributed by atoms with Gasteiger partial charge in [-0.2, -0.15) is 9.97 Å². The zero-order chi connectivity index (χ0) is 31.4. The number of halogens is 4. The fourth-order valence-corrected chi connectivity index (χ4v) is 5.57. The van der Waals surface area contributed by atoms with E-state index in [9.17, 15) is 8.42 Å². The van der Waals surface area contributed by atoms with Gasteiger partial charge in [-0.1, -0.05) is 0 Å². The molecule has 4 heterocycles. The Hall–Kier alpha value is -3.83. The van der Waals surface area contributed by atoms with Crippen molar-refractivity contribution in [1.82, 2.24) is 39.9 Å². The topological polar surface area (TPSA) is 187 Å². The van der Waals surface area contributed by atoms with Crippen LogP contribution in [-0.4, -0.2) is 54.5 Å². The SMILES string of the molecule is CS(=O)(=O)Cc1c(Nc2nc(Cl)ncc2Br)ccc2nccnc12.Nc1c(Nc2nc(Cl)ncc2Br)ccc2nccnc12. The highest BCUT2D eigenvalue weighted by Gasteiger charge is 2.17. The van der Waals surface area contributed by atoms with Gasteiger partial charge in [-0.15, -0.1) is 0 Å². The Morgan fingerprint density at radius 2 is 1.20 bits per heavy atom. The van der Waals surface area contributed by atoms with Gasteiger partial charge in [0.1, 0.15) is 17.2 Å². The molecular weight excluding hydrogens is 761 g/mol. The van der Waals surface area contributed by atoms with E-state index in [2.05, 4.69) is 82.4 Å². The Morgan fingerprint density at radius 1 is 0.727 bits per heavy atom. The summed E-state index contributed by atoms with van der Waals surface area (Å²) in [5, 5.41) is 6.40. The Kier molecular flexibility index (Phi) is 9.65. The van der Waals surface area contributed by atoms with Crippen LogP contribution in [0, 0.1) is 0 Å². The number of sulfone groups is 1. The second-order valence-electron chi connectivity index (χ2n) is 8.96. The standard InChI is InChI=1S/C14H11BrClN5O2S.C12H8BrClN6/c1-24(22,23)7-8-10(2-3-11-12(8)18-5-4-17-11)20-13-9(15)6-19-14(16)21-13;13-6-5-18-12(14)20-11(6)19-7-1-2-8-10(9(7)15)17-4-3-16-8/h2-6H,7H2,1H3,(H,19,20,21);1-5H,15H2,(H,18,19,20). The van der Waals surface area contributed by atoms with Crippen molar-refractivity contribution in [3.63, 3.8) is 0 Å². The lowest BCUT2D eigenvalue weighted by Crippen LogP contribution is -2.07. The van der Waals surface area contributed by atoms with E-state index in [4.69, 9.17) is 28.9 Å². The van der Waals surface area contributed by atoms with Gasteiger partial charge in [-0.25, -0.2) is 18.4 Å². The fourth-order valence-electron chi connectivity index (χ4n) is 3.91. The molecule has 0 bridgehead atoms. The third-order valence-corrected chi connectivity index (χ3v) is 8.11. The summed E-state index contributed by atoms with van der Waals surface area (Å²) in [7, 11) is -3.28. The highest BCUT2D eigenvalue weighted by Crippen LogP contribution is 2.32. The number of nitrogens with zero attached hydrogens (tertiary/aromatic N) is 8. The first-order chi connectivity index (χ1) is 21.0. The Labute approximate surface area is 277 Å². The van der Waals surface area contributed by atoms with Gasteiger partial charge >= 0.3 is 0 Å². The van der Waals surface area contributed by atoms with Gasteiger partial charge in [0.15, 0.2) is 9.84 Å². The Bertz CT molecular complexity index is 2120. The number of nitrogen functional groups attached to an aromatic ring is 1. The zero-order valence-corrected chi connectivity index (χ0v) is 27.9. The summed E-state index contributed by atoms with van der Waals surface area (Å²) in [4.78, 5) is 32.8. The minimum Gasteiger partial charge on any atom is -0.395 e. The van der Waals surface area contributed by atoms with Gasteiger partial charge in [0.2, 0.25) is 10.6 Å². The average Bonchev–Trinajstić information content (AvgIpc) is 2.99. The smallest absolute Gasteiger partial charge is 0.224 e. The van der Waals surface area contributed by atoms with Crippen molar-refractivity contribution in [2.45, 2.75) is 5.75 Å². The Balaban J connectivity index is 0.000000177. The summed E-state index contributed by atoms with van der Waals surface area (Å²) in [6.07, 6.45) is 10.5. The van der Waals surface area contributed by atoms with E-state index in [0.717, 1.165) is 5.52 Å². The third-order valence-electron chi connectivity index (χ3n) is 5.77. The molecule has 224 valence electrons. The maximum Gasteiger partial charge on any atom is 0.224 e. The van der Waals surface area contributed by atoms with Crippen LogP contribution in [0.25, 0.3) is 22.1 Å². The van der Waals surface area contributed by atoms with Gasteiger partial charge in [0.25, 0.3) is 0 Å². The van der Waals surface area contributed by atoms with Crippen LogP contribution < -0.4 is 16.4 Å². The molecule has 4 N–H and O–H groups in total. The predicted molar refractivity (Wildman–Crippen MR) is 178 cm³/mol. The molecule has 18 heteroatoms. The molecule has 0 saturated heterocycles. The highest BCUT2D eigenvalue weighted by atomic mass is 79.9. The van der Waals surface area contributed by atoms with E-state index in [1.165, 1.54) is 18.6 Å². The number of nitrogens with one attached hydrogen (secondary N) is 2. The van der Waals surface area contributed by atoms with Gasteiger partial charge < -0.3 is 16.4 Å². The largest absolute Gasteiger partial charge is 0.395 e. The number of anilines is 5. The second-order valence-corrected chi connectivity index (χ2v) is 13.5. The molecule has 0 aliphatic heterocycles. The van der Waals surface area contributed by atoms with Crippen molar-refractivity contribution in [3.8, 4) is 0 Å². The second kappa shape index (κ2) is 13.4. The van der Waals surface area contributed by atoms with Crippen LogP contribution in [0.5, 0.6) is 0 Å². The number of hydrogen-bond donors (Lipinski definition) is 3. The first kappa shape index (κ1) is 31.6. The molecule has 0 fully saturated rings. The first-order valence-corrected chi connectivity index (χ1v) is 16.7. The molecule has 0 spiro atoms. The lowest BCUT2D eigenvalue weighted by molar-refractivity contribution is 0.601. The number of rotatable bonds is 6. The van der Waals surface area contributed by atoms with Crippen LogP contribution in [-0.2, 0) is 15.6 Å². The summed E-state index contributed by atoms with van der Waals surface area (Å²) in [6, 6.07) is 7.14. The van der Waals surface area contributed by atoms with Crippen LogP contribution in [0.2, 0.25) is 10.6 Å². The van der Waals surface area contributed by atoms with E-state index in [1.54, 1.807) is 36.9 Å². The molecule has 0 radical (unpaired) electrons. The van der Waals surface area contributed by atoms with Crippen LogP contribution in [0.4, 0.5) is 28.7 Å². The van der Waals surface area contributed by atoms with Crippen molar-refractivity contribution in [1.29, 1.82) is 0 Å². The summed E-state index contributed by atoms with van der Waals surface area (Å²) in [6.45, 7) is 0. The number of fused-ring (bicyclic) bond motifs is 2. The normalized spacial score (nSPS) is 11.2. The molecule has 0 saturated carbocycles. The summed E-state index contributed by atoms with van der Waals surface area (Å²) >= 11 is 18.3. The number of benzene rings is 2. The van der Waals surface area contributed by atoms with Crippen LogP contribution in [0.1, 0.15) is 5.56 Å². The molecule has 0 unspecified atom stereocenters. The molecular formula is C26H19Br2Cl2N11O2S. The predicted octanol–water partition coefficient (Wildman–Crippen LogP) is 6.29. The highest BCUT2D eigenvalue weighted by molar-refractivity contribution is 9.11. The van der Waals surface area contributed by atoms with Gasteiger partial charge in [-0.05, 0) is 79.3 Å². The molecule has 0 amide bonds. The van der Waals surface area contributed by atoms with Crippen molar-refractivity contribution >= 4 is 116 Å². The summed E-state index contributed by atoms with van der Waals surface area (Å²) in [5.41, 5.74) is 10.8. The van der Waals surface area contributed by atoms with Crippen LogP contribution >= 0.6 is 55.1 Å². The molecule has 44 heavy (non-hydrogen) atoms. The van der Waals surface area contributed by atoms with Crippen LogP contribution in [0.3, 0.4) is 0 Å². The number of aromatic nitrogens is 8. The van der Waals surface area contributed by atoms with Crippen LogP contribution in [0.15, 0.2) is 70.4 Å². The lowest BCUT2D eigenvalue weighted by Gasteiger charge is -2.14. The molecule has 4 aromatic heterocycles. The van der Waals surface area contributed by atoms with Gasteiger partial charge in [0, 0.05) is 54.7 Å². The minimum atomic E-state index is -3.28. The molecule has 6 rings (SSSR count). The van der Waals surface area contributed by atoms with E-state index in [-0.39, 0.29) is 16.3 Å². The molecule has 0 atom stereocenters. The molecule has 0 aliphatic rings. The average molecular weight is 780 g/mol. The maximum absolute atomic E-state index is 11.8. The van der Waals surface area contributed by atoms with Crippen molar-refractivity contribution in [3.05, 3.63) is 86.5 Å². The summed E-state index contributed by atoms with van der Waals surface area (Å²) < 4.78 is 25.0. The van der Waals surface area contributed by atoms with Crippen molar-refractivity contribution in [2.75, 3.05) is 22.6 Å². The van der Waals surface area contributed by atoms with E-state index in [1.807, 2.05) is 12.1 Å². The monoisotopic (exact) mass is 777 g/mol. The Morgan fingerprint density at radius 3 is 1.77 bits per heavy atom. The number of hydrogen-bond acceptors (Lipinski definition) is 13. The third kappa shape index (κ3) is 7.62. The van der Waals surface area contributed by atoms with Gasteiger partial charge in [0.05, 0.1) is 42.6 Å². The number of nitrogens with two attached hydrogens (primary N) is 1.